The SMILES string of the molecule is [2H]c1c([2H])c([2H])c2c(c1[2H])c1c([2H])c([2H])c([2H])c([2H])c1n2-c1ccc2c(c1)N(c1c(-c3ccccc3)cc(C(C)(C)C)cc1-c1ccccc1)c1cc(-c3cccc4c3c3ccccc3n4-c3ccccc3)cc3c1B2c1ccc(-n2c4ccc(C(C)(C)C)cc4c4cc(C(C)(C)C)ccc42)cc1N3c1c(-c2ccccc2)cc(C(C)(C)C)cc1-c1ccccc1. The Hall–Kier alpha value is -13.4. The fourth-order valence-corrected chi connectivity index (χ4v) is 18.9. The Bertz CT molecular complexity index is 7510. The number of para-hydroxylation sites is 4. The lowest BCUT2D eigenvalue weighted by Crippen LogP contribution is -2.61. The topological polar surface area (TPSA) is 21.3 Å². The smallest absolute Gasteiger partial charge is 0.252 e. The average molecular weight is 1530 g/mol. The van der Waals surface area contributed by atoms with E-state index in [0.29, 0.717) is 5.69 Å². The molecule has 21 rings (SSSR count). The van der Waals surface area contributed by atoms with Crippen molar-refractivity contribution in [2.45, 2.75) is 105 Å². The van der Waals surface area contributed by atoms with Crippen LogP contribution in [0, 0.1) is 0 Å². The molecule has 0 radical (unpaired) electrons. The lowest BCUT2D eigenvalue weighted by Gasteiger charge is -2.46. The number of benzene rings is 16. The molecule has 0 spiro atoms. The molecule has 0 amide bonds. The Balaban J connectivity index is 0.998. The van der Waals surface area contributed by atoms with Gasteiger partial charge in [0, 0.05) is 94.4 Å². The molecule has 0 unspecified atom stereocenters. The third-order valence-corrected chi connectivity index (χ3v) is 24.8. The number of fused-ring (bicyclic) bond motifs is 13. The van der Waals surface area contributed by atoms with Crippen molar-refractivity contribution in [3.63, 3.8) is 0 Å². The molecule has 0 aliphatic carbocycles. The van der Waals surface area contributed by atoms with Gasteiger partial charge in [-0.15, -0.1) is 0 Å². The largest absolute Gasteiger partial charge is 0.310 e. The predicted molar refractivity (Wildman–Crippen MR) is 505 cm³/mol. The molecule has 0 fully saturated rings. The van der Waals surface area contributed by atoms with Gasteiger partial charge in [0.15, 0.2) is 0 Å². The van der Waals surface area contributed by atoms with E-state index >= 15 is 0 Å². The zero-order valence-electron chi connectivity index (χ0n) is 76.7. The second kappa shape index (κ2) is 27.1. The lowest BCUT2D eigenvalue weighted by molar-refractivity contribution is 0.590. The molecule has 570 valence electrons. The highest BCUT2D eigenvalue weighted by molar-refractivity contribution is 7.00. The number of hydrogen-bond donors (Lipinski definition) is 0. The number of rotatable bonds is 10. The molecule has 0 saturated heterocycles. The quantitative estimate of drug-likeness (QED) is 0.127. The van der Waals surface area contributed by atoms with Gasteiger partial charge in [-0.1, -0.05) is 313 Å². The van der Waals surface area contributed by atoms with Crippen LogP contribution in [0.25, 0.3) is 138 Å². The average Bonchev–Trinajstić information content (AvgIpc) is 1.08. The number of hydrogen-bond acceptors (Lipinski definition) is 2. The number of aromatic nitrogens is 3. The van der Waals surface area contributed by atoms with Gasteiger partial charge in [0.1, 0.15) is 0 Å². The van der Waals surface area contributed by atoms with E-state index in [9.17, 15) is 11.0 Å². The molecule has 6 heteroatoms. The third-order valence-electron chi connectivity index (χ3n) is 24.8. The summed E-state index contributed by atoms with van der Waals surface area (Å²) in [5, 5.41) is 4.49. The molecular formula is C112H94BN5. The molecule has 2 aliphatic heterocycles. The Kier molecular flexibility index (Phi) is 14.7. The minimum Gasteiger partial charge on any atom is -0.310 e. The zero-order chi connectivity index (χ0) is 87.4. The fourth-order valence-electron chi connectivity index (χ4n) is 18.9. The second-order valence-electron chi connectivity index (χ2n) is 36.3. The summed E-state index contributed by atoms with van der Waals surface area (Å²) in [4.78, 5) is 5.13. The Morgan fingerprint density at radius 3 is 1.03 bits per heavy atom. The van der Waals surface area contributed by atoms with Crippen molar-refractivity contribution in [2.24, 2.45) is 0 Å². The van der Waals surface area contributed by atoms with Gasteiger partial charge in [-0.05, 0) is 215 Å². The van der Waals surface area contributed by atoms with Crippen LogP contribution in [0.2, 0.25) is 0 Å². The predicted octanol–water partition coefficient (Wildman–Crippen LogP) is 28.6. The van der Waals surface area contributed by atoms with Crippen molar-refractivity contribution in [1.82, 2.24) is 13.7 Å². The van der Waals surface area contributed by atoms with E-state index in [-0.39, 0.29) is 55.6 Å². The molecule has 118 heavy (non-hydrogen) atoms. The van der Waals surface area contributed by atoms with Gasteiger partial charge in [-0.25, -0.2) is 0 Å². The van der Waals surface area contributed by atoms with Crippen LogP contribution in [0.1, 0.15) is 116 Å². The maximum absolute atomic E-state index is 10.1. The Morgan fingerprint density at radius 1 is 0.246 bits per heavy atom. The summed E-state index contributed by atoms with van der Waals surface area (Å²) in [7, 11) is 0. The van der Waals surface area contributed by atoms with Crippen LogP contribution in [0.5, 0.6) is 0 Å². The van der Waals surface area contributed by atoms with E-state index in [4.69, 9.17) is 0 Å². The second-order valence-corrected chi connectivity index (χ2v) is 36.3. The Labute approximate surface area is 704 Å². The molecule has 0 bridgehead atoms. The highest BCUT2D eigenvalue weighted by Crippen LogP contribution is 2.57. The molecule has 2 aliphatic rings. The minimum absolute atomic E-state index is 0.000384. The van der Waals surface area contributed by atoms with Gasteiger partial charge in [-0.2, -0.15) is 0 Å². The summed E-state index contributed by atoms with van der Waals surface area (Å²) in [6.45, 7) is 26.9. The third kappa shape index (κ3) is 11.6. The summed E-state index contributed by atoms with van der Waals surface area (Å²) in [5.74, 6) is 0. The fraction of sp³-hybridized carbons (Fsp3) is 0.143. The van der Waals surface area contributed by atoms with Crippen LogP contribution in [0.15, 0.2) is 352 Å². The van der Waals surface area contributed by atoms with Crippen LogP contribution in [-0.2, 0) is 21.7 Å². The Morgan fingerprint density at radius 2 is 0.610 bits per heavy atom. The van der Waals surface area contributed by atoms with E-state index in [1.807, 2.05) is 6.07 Å². The van der Waals surface area contributed by atoms with Gasteiger partial charge in [0.2, 0.25) is 0 Å². The first-order valence-corrected chi connectivity index (χ1v) is 41.3. The monoisotopic (exact) mass is 1530 g/mol. The molecule has 19 aromatic rings. The van der Waals surface area contributed by atoms with Crippen LogP contribution in [-0.4, -0.2) is 20.4 Å². The van der Waals surface area contributed by atoms with E-state index in [2.05, 4.69) is 399 Å². The van der Waals surface area contributed by atoms with Crippen LogP contribution in [0.3, 0.4) is 0 Å². The summed E-state index contributed by atoms with van der Waals surface area (Å²) >= 11 is 0. The summed E-state index contributed by atoms with van der Waals surface area (Å²) < 4.78 is 83.6. The van der Waals surface area contributed by atoms with Crippen LogP contribution >= 0.6 is 0 Å². The van der Waals surface area contributed by atoms with Crippen molar-refractivity contribution in [2.75, 3.05) is 9.80 Å². The molecule has 0 atom stereocenters. The molecule has 0 N–H and O–H groups in total. The maximum Gasteiger partial charge on any atom is 0.252 e. The standard InChI is InChI=1S/C112H94BN5/c1-109(2,3)76-53-59-98-91(63-76)92-64-77(110(4,5)6)54-60-99(92)116(98)82-56-58-94-102(70-82)118(108-89(73-39-22-15-23-40-73)67-79(112(10,11)12)68-90(108)74-41-24-16-25-42-74)104-62-75(83-48-34-52-100-105(83)86-47-30-33-51-97(86)114(100)80-43-26-17-27-44-80)61-103-106(104)113(94)93-57-55-81(115-95-49-31-28-45-84(95)85-46-29-32-50-96(85)115)69-101(93)117(103)107-87(71-35-18-13-19-36-71)65-78(111(7,8)9)66-88(107)72-37-20-14-21-38-72/h13-70H,1-12H3/i28D,29D,31D,32D,45D,46D,49D,50D. The van der Waals surface area contributed by atoms with E-state index in [1.165, 1.54) is 27.5 Å². The summed E-state index contributed by atoms with van der Waals surface area (Å²) in [6, 6.07) is 108. The number of anilines is 6. The van der Waals surface area contributed by atoms with Crippen LogP contribution < -0.4 is 26.2 Å². The van der Waals surface area contributed by atoms with Gasteiger partial charge in [-0.3, -0.25) is 0 Å². The van der Waals surface area contributed by atoms with Crippen molar-refractivity contribution < 1.29 is 11.0 Å². The van der Waals surface area contributed by atoms with Gasteiger partial charge < -0.3 is 23.5 Å². The normalized spacial score (nSPS) is 14.0. The first-order valence-electron chi connectivity index (χ1n) is 45.3. The molecule has 16 aromatic carbocycles. The minimum atomic E-state index is -0.585. The van der Waals surface area contributed by atoms with E-state index in [0.717, 1.165) is 156 Å². The first-order chi connectivity index (χ1) is 60.4. The molecule has 0 saturated carbocycles. The molecule has 3 aromatic heterocycles. The first kappa shape index (κ1) is 63.8. The molecule has 5 heterocycles. The van der Waals surface area contributed by atoms with Gasteiger partial charge in [0.25, 0.3) is 6.71 Å². The van der Waals surface area contributed by atoms with E-state index < -0.39 is 43.0 Å². The lowest BCUT2D eigenvalue weighted by atomic mass is 9.33. The van der Waals surface area contributed by atoms with Crippen LogP contribution in [0.4, 0.5) is 34.1 Å². The summed E-state index contributed by atoms with van der Waals surface area (Å²) in [6.07, 6.45) is 0. The summed E-state index contributed by atoms with van der Waals surface area (Å²) in [5.41, 5.74) is 28.8. The molecular weight excluding hydrogens is 1430 g/mol. The zero-order valence-corrected chi connectivity index (χ0v) is 68.7. The highest BCUT2D eigenvalue weighted by Gasteiger charge is 2.47. The van der Waals surface area contributed by atoms with Gasteiger partial charge in [0.05, 0.1) is 55.4 Å². The molecule has 5 nitrogen and oxygen atoms in total. The van der Waals surface area contributed by atoms with Crippen molar-refractivity contribution in [3.8, 4) is 72.7 Å². The number of nitrogens with zero attached hydrogens (tertiary/aromatic N) is 5. The maximum atomic E-state index is 10.1. The van der Waals surface area contributed by atoms with E-state index in [1.54, 1.807) is 4.57 Å². The van der Waals surface area contributed by atoms with Gasteiger partial charge >= 0.3 is 0 Å². The van der Waals surface area contributed by atoms with Crippen molar-refractivity contribution in [3.05, 3.63) is 374 Å². The van der Waals surface area contributed by atoms with Crippen molar-refractivity contribution in [1.29, 1.82) is 0 Å². The van der Waals surface area contributed by atoms with Crippen molar-refractivity contribution >= 4 is 123 Å². The highest BCUT2D eigenvalue weighted by atomic mass is 15.2.